The number of nitrogens with two attached hydrogens (primary N) is 1. The predicted octanol–water partition coefficient (Wildman–Crippen LogP) is 3.00. The van der Waals surface area contributed by atoms with E-state index in [0.717, 1.165) is 10.9 Å². The van der Waals surface area contributed by atoms with Crippen molar-refractivity contribution in [3.63, 3.8) is 0 Å². The lowest BCUT2D eigenvalue weighted by Crippen LogP contribution is -2.16. The van der Waals surface area contributed by atoms with Crippen LogP contribution in [0.1, 0.15) is 11.3 Å². The van der Waals surface area contributed by atoms with Gasteiger partial charge in [0, 0.05) is 12.1 Å². The van der Waals surface area contributed by atoms with Crippen LogP contribution in [0.15, 0.2) is 30.5 Å². The maximum Gasteiger partial charge on any atom is 0.433 e. The zero-order valence-corrected chi connectivity index (χ0v) is 9.83. The zero-order valence-electron chi connectivity index (χ0n) is 9.08. The van der Waals surface area contributed by atoms with Gasteiger partial charge < -0.3 is 5.73 Å². The highest BCUT2D eigenvalue weighted by molar-refractivity contribution is 6.32. The molecule has 2 rings (SSSR count). The van der Waals surface area contributed by atoms with Crippen molar-refractivity contribution in [2.75, 3.05) is 0 Å². The fraction of sp³-hybridized carbons (Fsp3) is 0.182. The molecule has 0 atom stereocenters. The smallest absolute Gasteiger partial charge is 0.326 e. The van der Waals surface area contributed by atoms with E-state index >= 15 is 0 Å². The second-order valence-electron chi connectivity index (χ2n) is 3.58. The molecular formula is C11H9ClF3N3. The van der Waals surface area contributed by atoms with E-state index in [-0.39, 0.29) is 22.8 Å². The first-order valence-corrected chi connectivity index (χ1v) is 5.42. The summed E-state index contributed by atoms with van der Waals surface area (Å²) in [7, 11) is 0. The molecule has 18 heavy (non-hydrogen) atoms. The molecule has 0 aliphatic rings. The van der Waals surface area contributed by atoms with Crippen molar-refractivity contribution in [3.8, 4) is 5.69 Å². The molecule has 0 fully saturated rings. The zero-order chi connectivity index (χ0) is 13.3. The lowest BCUT2D eigenvalue weighted by molar-refractivity contribution is -0.143. The maximum absolute atomic E-state index is 13.0. The first-order valence-electron chi connectivity index (χ1n) is 5.04. The minimum atomic E-state index is -4.54. The van der Waals surface area contributed by atoms with E-state index in [1.54, 1.807) is 12.1 Å². The number of halogens is 4. The molecule has 7 heteroatoms. The molecule has 0 saturated heterocycles. The topological polar surface area (TPSA) is 43.8 Å². The van der Waals surface area contributed by atoms with Crippen LogP contribution in [0.25, 0.3) is 5.69 Å². The van der Waals surface area contributed by atoms with Gasteiger partial charge in [-0.1, -0.05) is 23.7 Å². The van der Waals surface area contributed by atoms with Crippen molar-refractivity contribution in [1.82, 2.24) is 9.78 Å². The van der Waals surface area contributed by atoms with E-state index in [0.29, 0.717) is 0 Å². The van der Waals surface area contributed by atoms with E-state index < -0.39 is 11.9 Å². The van der Waals surface area contributed by atoms with E-state index in [9.17, 15) is 13.2 Å². The van der Waals surface area contributed by atoms with Crippen LogP contribution in [0.2, 0.25) is 5.02 Å². The molecular weight excluding hydrogens is 267 g/mol. The summed E-state index contributed by atoms with van der Waals surface area (Å²) >= 11 is 5.87. The van der Waals surface area contributed by atoms with Gasteiger partial charge in [0.2, 0.25) is 0 Å². The second kappa shape index (κ2) is 4.62. The van der Waals surface area contributed by atoms with Crippen molar-refractivity contribution >= 4 is 11.6 Å². The molecule has 1 aromatic heterocycles. The Labute approximate surface area is 106 Å². The summed E-state index contributed by atoms with van der Waals surface area (Å²) in [4.78, 5) is 0. The summed E-state index contributed by atoms with van der Waals surface area (Å²) in [6.45, 7) is -0.237. The van der Waals surface area contributed by atoms with E-state index in [1.165, 1.54) is 12.1 Å². The van der Waals surface area contributed by atoms with Crippen LogP contribution < -0.4 is 5.73 Å². The predicted molar refractivity (Wildman–Crippen MR) is 61.5 cm³/mol. The van der Waals surface area contributed by atoms with Gasteiger partial charge >= 0.3 is 6.18 Å². The molecule has 0 unspecified atom stereocenters. The van der Waals surface area contributed by atoms with Crippen molar-refractivity contribution in [1.29, 1.82) is 0 Å². The van der Waals surface area contributed by atoms with Gasteiger partial charge in [0.1, 0.15) is 0 Å². The van der Waals surface area contributed by atoms with Gasteiger partial charge in [0.25, 0.3) is 0 Å². The Morgan fingerprint density at radius 2 is 1.94 bits per heavy atom. The Balaban J connectivity index is 2.66. The molecule has 0 radical (unpaired) electrons. The quantitative estimate of drug-likeness (QED) is 0.916. The SMILES string of the molecule is NCc1cnn(-c2ccccc2Cl)c1C(F)(F)F. The minimum absolute atomic E-state index is 0.0672. The number of benzene rings is 1. The maximum atomic E-state index is 13.0. The normalized spacial score (nSPS) is 11.8. The third-order valence-corrected chi connectivity index (χ3v) is 2.73. The summed E-state index contributed by atoms with van der Waals surface area (Å²) < 4.78 is 39.7. The Morgan fingerprint density at radius 1 is 1.28 bits per heavy atom. The summed E-state index contributed by atoms with van der Waals surface area (Å²) in [5.74, 6) is 0. The number of hydrogen-bond acceptors (Lipinski definition) is 2. The van der Waals surface area contributed by atoms with Crippen LogP contribution in [0.4, 0.5) is 13.2 Å². The van der Waals surface area contributed by atoms with Crippen LogP contribution in [0.3, 0.4) is 0 Å². The summed E-state index contributed by atoms with van der Waals surface area (Å²) in [5.41, 5.74) is 4.51. The van der Waals surface area contributed by atoms with Crippen LogP contribution in [-0.2, 0) is 12.7 Å². The fourth-order valence-electron chi connectivity index (χ4n) is 1.64. The van der Waals surface area contributed by atoms with Gasteiger partial charge in [0.15, 0.2) is 5.69 Å². The molecule has 96 valence electrons. The number of hydrogen-bond donors (Lipinski definition) is 1. The molecule has 0 bridgehead atoms. The average molecular weight is 276 g/mol. The number of para-hydroxylation sites is 1. The Bertz CT molecular complexity index is 563. The highest BCUT2D eigenvalue weighted by Gasteiger charge is 2.38. The Hall–Kier alpha value is -1.53. The van der Waals surface area contributed by atoms with E-state index in [1.807, 2.05) is 0 Å². The molecule has 0 aliphatic carbocycles. The summed E-state index contributed by atoms with van der Waals surface area (Å²) in [6, 6.07) is 6.18. The lowest BCUT2D eigenvalue weighted by Gasteiger charge is -2.13. The molecule has 0 saturated carbocycles. The molecule has 0 spiro atoms. The first kappa shape index (κ1) is 12.9. The number of nitrogens with zero attached hydrogens (tertiary/aromatic N) is 2. The van der Waals surface area contributed by atoms with Gasteiger partial charge in [0.05, 0.1) is 16.9 Å². The number of aromatic nitrogens is 2. The molecule has 0 aliphatic heterocycles. The lowest BCUT2D eigenvalue weighted by atomic mass is 10.2. The second-order valence-corrected chi connectivity index (χ2v) is 3.99. The van der Waals surface area contributed by atoms with Crippen molar-refractivity contribution in [3.05, 3.63) is 46.7 Å². The highest BCUT2D eigenvalue weighted by Crippen LogP contribution is 2.34. The summed E-state index contributed by atoms with van der Waals surface area (Å²) in [5, 5.41) is 3.91. The third kappa shape index (κ3) is 2.21. The standard InChI is InChI=1S/C11H9ClF3N3/c12-8-3-1-2-4-9(8)18-10(11(13,14)15)7(5-16)6-17-18/h1-4,6H,5,16H2. The van der Waals surface area contributed by atoms with Gasteiger partial charge in [-0.25, -0.2) is 4.68 Å². The molecule has 3 nitrogen and oxygen atoms in total. The summed E-state index contributed by atoms with van der Waals surface area (Å²) in [6.07, 6.45) is -3.43. The Kier molecular flexibility index (Phi) is 3.32. The number of alkyl halides is 3. The minimum Gasteiger partial charge on any atom is -0.326 e. The highest BCUT2D eigenvalue weighted by atomic mass is 35.5. The largest absolute Gasteiger partial charge is 0.433 e. The molecule has 2 aromatic rings. The van der Waals surface area contributed by atoms with Crippen LogP contribution in [0, 0.1) is 0 Å². The molecule has 0 amide bonds. The van der Waals surface area contributed by atoms with E-state index in [4.69, 9.17) is 17.3 Å². The van der Waals surface area contributed by atoms with Crippen molar-refractivity contribution in [2.24, 2.45) is 5.73 Å². The van der Waals surface area contributed by atoms with Crippen molar-refractivity contribution < 1.29 is 13.2 Å². The van der Waals surface area contributed by atoms with Crippen LogP contribution >= 0.6 is 11.6 Å². The Morgan fingerprint density at radius 3 is 2.50 bits per heavy atom. The molecule has 1 heterocycles. The molecule has 1 aromatic carbocycles. The average Bonchev–Trinajstić information content (AvgIpc) is 2.73. The third-order valence-electron chi connectivity index (χ3n) is 2.41. The van der Waals surface area contributed by atoms with E-state index in [2.05, 4.69) is 5.10 Å². The van der Waals surface area contributed by atoms with Gasteiger partial charge in [-0.15, -0.1) is 0 Å². The van der Waals surface area contributed by atoms with Gasteiger partial charge in [-0.3, -0.25) is 0 Å². The van der Waals surface area contributed by atoms with Crippen LogP contribution in [-0.4, -0.2) is 9.78 Å². The van der Waals surface area contributed by atoms with Gasteiger partial charge in [-0.2, -0.15) is 18.3 Å². The fourth-order valence-corrected chi connectivity index (χ4v) is 1.86. The number of rotatable bonds is 2. The van der Waals surface area contributed by atoms with Crippen LogP contribution in [0.5, 0.6) is 0 Å². The van der Waals surface area contributed by atoms with Gasteiger partial charge in [-0.05, 0) is 12.1 Å². The first-order chi connectivity index (χ1) is 8.45. The molecule has 2 N–H and O–H groups in total. The monoisotopic (exact) mass is 275 g/mol. The van der Waals surface area contributed by atoms with Crippen molar-refractivity contribution in [2.45, 2.75) is 12.7 Å².